The predicted octanol–water partition coefficient (Wildman–Crippen LogP) is 5.80. The summed E-state index contributed by atoms with van der Waals surface area (Å²) in [5.41, 5.74) is 6.01. The number of aliphatic imine (C=N–C) groups is 1. The monoisotopic (exact) mass is 364 g/mol. The van der Waals surface area contributed by atoms with Crippen molar-refractivity contribution in [1.82, 2.24) is 4.98 Å². The maximum absolute atomic E-state index is 5.91. The smallest absolute Gasteiger partial charge is 0.236 e. The first-order valence-electron chi connectivity index (χ1n) is 9.90. The van der Waals surface area contributed by atoms with E-state index in [1.807, 2.05) is 6.20 Å². The minimum absolute atomic E-state index is 0.100. The van der Waals surface area contributed by atoms with Gasteiger partial charge in [0.15, 0.2) is 0 Å². The van der Waals surface area contributed by atoms with E-state index in [1.165, 1.54) is 16.7 Å². The average molecular weight is 365 g/mol. The van der Waals surface area contributed by atoms with Crippen LogP contribution in [0.1, 0.15) is 65.3 Å². The summed E-state index contributed by atoms with van der Waals surface area (Å²) < 4.78 is 5.91. The molecule has 144 valence electrons. The van der Waals surface area contributed by atoms with Gasteiger partial charge in [0, 0.05) is 11.8 Å². The molecule has 0 spiro atoms. The fourth-order valence-corrected chi connectivity index (χ4v) is 3.24. The van der Waals surface area contributed by atoms with Gasteiger partial charge in [-0.2, -0.15) is 0 Å². The van der Waals surface area contributed by atoms with Crippen molar-refractivity contribution >= 4 is 5.90 Å². The van der Waals surface area contributed by atoms with E-state index >= 15 is 0 Å². The van der Waals surface area contributed by atoms with Crippen molar-refractivity contribution in [2.45, 2.75) is 66.3 Å². The highest BCUT2D eigenvalue weighted by Crippen LogP contribution is 2.30. The highest BCUT2D eigenvalue weighted by molar-refractivity contribution is 5.95. The maximum Gasteiger partial charge on any atom is 0.236 e. The number of aryl methyl sites for hydroxylation is 1. The molecule has 1 atom stereocenters. The summed E-state index contributed by atoms with van der Waals surface area (Å²) in [5.74, 6) is 0.696. The van der Waals surface area contributed by atoms with Gasteiger partial charge in [-0.25, -0.2) is 4.99 Å². The Bertz CT molecular complexity index is 836. The SMILES string of the molecule is CCc1cc(-c2ccc(C(C)(C)C)cc2)cnc1C1=N[C@@H](C(C)(C)C)CO1. The molecular formula is C24H32N2O. The summed E-state index contributed by atoms with van der Waals surface area (Å²) >= 11 is 0. The van der Waals surface area contributed by atoms with Crippen molar-refractivity contribution in [1.29, 1.82) is 0 Å². The van der Waals surface area contributed by atoms with Crippen molar-refractivity contribution in [2.75, 3.05) is 6.61 Å². The number of hydrogen-bond acceptors (Lipinski definition) is 3. The summed E-state index contributed by atoms with van der Waals surface area (Å²) in [7, 11) is 0. The van der Waals surface area contributed by atoms with Crippen LogP contribution in [-0.2, 0) is 16.6 Å². The van der Waals surface area contributed by atoms with E-state index < -0.39 is 0 Å². The standard InChI is InChI=1S/C24H32N2O/c1-8-16-13-18(17-9-11-19(12-10-17)23(2,3)4)14-25-21(16)22-26-20(15-27-22)24(5,6)7/h9-14,20H,8,15H2,1-7H3/t20-/m1/s1. The first-order chi connectivity index (χ1) is 12.6. The summed E-state index contributed by atoms with van der Waals surface area (Å²) in [5, 5.41) is 0. The van der Waals surface area contributed by atoms with Crippen molar-refractivity contribution in [2.24, 2.45) is 10.4 Å². The van der Waals surface area contributed by atoms with Crippen LogP contribution in [0, 0.1) is 5.41 Å². The Morgan fingerprint density at radius 3 is 2.19 bits per heavy atom. The van der Waals surface area contributed by atoms with Crippen LogP contribution in [0.15, 0.2) is 41.5 Å². The van der Waals surface area contributed by atoms with Gasteiger partial charge in [-0.15, -0.1) is 0 Å². The van der Waals surface area contributed by atoms with E-state index in [2.05, 4.69) is 78.8 Å². The second-order valence-electron chi connectivity index (χ2n) is 9.54. The molecule has 2 heterocycles. The molecule has 1 aromatic carbocycles. The fraction of sp³-hybridized carbons (Fsp3) is 0.500. The molecule has 3 heteroatoms. The van der Waals surface area contributed by atoms with E-state index in [4.69, 9.17) is 14.7 Å². The molecule has 0 N–H and O–H groups in total. The van der Waals surface area contributed by atoms with Crippen LogP contribution in [0.2, 0.25) is 0 Å². The largest absolute Gasteiger partial charge is 0.474 e. The van der Waals surface area contributed by atoms with Crippen LogP contribution < -0.4 is 0 Å². The van der Waals surface area contributed by atoms with E-state index in [1.54, 1.807) is 0 Å². The van der Waals surface area contributed by atoms with Gasteiger partial charge >= 0.3 is 0 Å². The number of hydrogen-bond donors (Lipinski definition) is 0. The second kappa shape index (κ2) is 7.10. The highest BCUT2D eigenvalue weighted by Gasteiger charge is 2.31. The lowest BCUT2D eigenvalue weighted by Gasteiger charge is -2.21. The molecule has 3 rings (SSSR count). The zero-order chi connectivity index (χ0) is 19.8. The van der Waals surface area contributed by atoms with Crippen molar-refractivity contribution in [3.05, 3.63) is 53.3 Å². The topological polar surface area (TPSA) is 34.5 Å². The summed E-state index contributed by atoms with van der Waals surface area (Å²) in [4.78, 5) is 9.55. The third-order valence-corrected chi connectivity index (χ3v) is 5.29. The molecular weight excluding hydrogens is 332 g/mol. The Balaban J connectivity index is 1.91. The van der Waals surface area contributed by atoms with Gasteiger partial charge in [-0.05, 0) is 40.0 Å². The molecule has 27 heavy (non-hydrogen) atoms. The molecule has 1 aliphatic rings. The van der Waals surface area contributed by atoms with Crippen molar-refractivity contribution < 1.29 is 4.74 Å². The highest BCUT2D eigenvalue weighted by atomic mass is 16.5. The Morgan fingerprint density at radius 1 is 1.00 bits per heavy atom. The average Bonchev–Trinajstić information content (AvgIpc) is 3.11. The lowest BCUT2D eigenvalue weighted by Crippen LogP contribution is -2.25. The number of rotatable bonds is 3. The van der Waals surface area contributed by atoms with Crippen LogP contribution in [0.3, 0.4) is 0 Å². The molecule has 0 aliphatic carbocycles. The molecule has 0 fully saturated rings. The summed E-state index contributed by atoms with van der Waals surface area (Å²) in [6, 6.07) is 11.2. The first kappa shape index (κ1) is 19.6. The molecule has 1 aromatic heterocycles. The minimum Gasteiger partial charge on any atom is -0.474 e. The van der Waals surface area contributed by atoms with E-state index in [-0.39, 0.29) is 16.9 Å². The molecule has 0 unspecified atom stereocenters. The lowest BCUT2D eigenvalue weighted by atomic mass is 9.86. The Kier molecular flexibility index (Phi) is 5.16. The number of benzene rings is 1. The zero-order valence-electron chi connectivity index (χ0n) is 17.8. The Morgan fingerprint density at radius 2 is 1.67 bits per heavy atom. The van der Waals surface area contributed by atoms with E-state index in [9.17, 15) is 0 Å². The normalized spacial score (nSPS) is 17.6. The molecule has 0 bridgehead atoms. The van der Waals surface area contributed by atoms with Crippen LogP contribution >= 0.6 is 0 Å². The van der Waals surface area contributed by atoms with Gasteiger partial charge in [0.2, 0.25) is 5.90 Å². The quantitative estimate of drug-likeness (QED) is 0.690. The van der Waals surface area contributed by atoms with Crippen molar-refractivity contribution in [3.63, 3.8) is 0 Å². The second-order valence-corrected chi connectivity index (χ2v) is 9.54. The van der Waals surface area contributed by atoms with Crippen LogP contribution in [0.4, 0.5) is 0 Å². The fourth-order valence-electron chi connectivity index (χ4n) is 3.24. The minimum atomic E-state index is 0.100. The molecule has 0 saturated heterocycles. The number of ether oxygens (including phenoxy) is 1. The van der Waals surface area contributed by atoms with Crippen LogP contribution in [0.25, 0.3) is 11.1 Å². The van der Waals surface area contributed by atoms with E-state index in [0.717, 1.165) is 17.7 Å². The Hall–Kier alpha value is -2.16. The molecule has 0 saturated carbocycles. The summed E-state index contributed by atoms with van der Waals surface area (Å²) in [6.07, 6.45) is 2.84. The third kappa shape index (κ3) is 4.23. The van der Waals surface area contributed by atoms with E-state index in [0.29, 0.717) is 12.5 Å². The van der Waals surface area contributed by atoms with Gasteiger partial charge in [0.1, 0.15) is 12.3 Å². The van der Waals surface area contributed by atoms with Gasteiger partial charge in [-0.1, -0.05) is 72.7 Å². The number of nitrogens with zero attached hydrogens (tertiary/aromatic N) is 2. The molecule has 0 radical (unpaired) electrons. The zero-order valence-corrected chi connectivity index (χ0v) is 17.8. The molecule has 2 aromatic rings. The molecule has 0 amide bonds. The molecule has 1 aliphatic heterocycles. The predicted molar refractivity (Wildman–Crippen MR) is 113 cm³/mol. The molecule has 3 nitrogen and oxygen atoms in total. The van der Waals surface area contributed by atoms with Crippen LogP contribution in [0.5, 0.6) is 0 Å². The van der Waals surface area contributed by atoms with Gasteiger partial charge < -0.3 is 4.74 Å². The van der Waals surface area contributed by atoms with Gasteiger partial charge in [0.05, 0.1) is 6.04 Å². The van der Waals surface area contributed by atoms with Crippen LogP contribution in [-0.4, -0.2) is 23.5 Å². The summed E-state index contributed by atoms with van der Waals surface area (Å²) in [6.45, 7) is 16.1. The maximum atomic E-state index is 5.91. The first-order valence-corrected chi connectivity index (χ1v) is 9.90. The lowest BCUT2D eigenvalue weighted by molar-refractivity contribution is 0.235. The van der Waals surface area contributed by atoms with Gasteiger partial charge in [0.25, 0.3) is 0 Å². The Labute approximate surface area is 163 Å². The number of aromatic nitrogens is 1. The van der Waals surface area contributed by atoms with Gasteiger partial charge in [-0.3, -0.25) is 4.98 Å². The number of pyridine rings is 1. The van der Waals surface area contributed by atoms with Crippen molar-refractivity contribution in [3.8, 4) is 11.1 Å². The third-order valence-electron chi connectivity index (χ3n) is 5.29.